The van der Waals surface area contributed by atoms with Gasteiger partial charge in [-0.15, -0.1) is 0 Å². The van der Waals surface area contributed by atoms with Gasteiger partial charge in [0.2, 0.25) is 0 Å². The number of anilines is 1. The summed E-state index contributed by atoms with van der Waals surface area (Å²) in [5, 5.41) is 5.60. The molecule has 0 radical (unpaired) electrons. The van der Waals surface area contributed by atoms with Crippen LogP contribution in [0.25, 0.3) is 0 Å². The van der Waals surface area contributed by atoms with E-state index in [1.165, 1.54) is 12.1 Å². The minimum atomic E-state index is -1.10. The quantitative estimate of drug-likeness (QED) is 0.637. The molecule has 2 aromatic carbocycles. The number of carbonyl (C=O) groups excluding carboxylic acids is 3. The summed E-state index contributed by atoms with van der Waals surface area (Å²) in [4.78, 5) is 37.2. The molecule has 9 heteroatoms. The van der Waals surface area contributed by atoms with Crippen molar-refractivity contribution in [2.45, 2.75) is 18.4 Å². The Labute approximate surface area is 162 Å². The Morgan fingerprint density at radius 1 is 1.15 bits per heavy atom. The third-order valence-corrected chi connectivity index (χ3v) is 5.15. The number of amides is 5. The summed E-state index contributed by atoms with van der Waals surface area (Å²) in [5.41, 5.74) is 2.97. The number of hydrazine groups is 1. The predicted octanol–water partition coefficient (Wildman–Crippen LogP) is 2.71. The average Bonchev–Trinajstić information content (AvgIpc) is 3.09. The molecule has 1 aliphatic carbocycles. The van der Waals surface area contributed by atoms with E-state index < -0.39 is 29.3 Å². The second-order valence-electron chi connectivity index (χ2n) is 6.47. The first-order chi connectivity index (χ1) is 12.9. The van der Waals surface area contributed by atoms with Crippen LogP contribution in [-0.2, 0) is 17.6 Å². The highest BCUT2D eigenvalue weighted by molar-refractivity contribution is 9.10. The highest BCUT2D eigenvalue weighted by Gasteiger charge is 2.54. The van der Waals surface area contributed by atoms with Crippen molar-refractivity contribution >= 4 is 39.6 Å². The SMILES string of the molecule is O=C(Nc1ccc(Br)cc1F)NN1C(=O)NC2(Cc3ccccc3C2)C1=O. The molecular formula is C18H14BrFN4O3. The Bertz CT molecular complexity index is 956. The van der Waals surface area contributed by atoms with E-state index in [-0.39, 0.29) is 5.69 Å². The van der Waals surface area contributed by atoms with E-state index in [0.29, 0.717) is 22.3 Å². The number of benzene rings is 2. The van der Waals surface area contributed by atoms with Gasteiger partial charge in [-0.2, -0.15) is 5.01 Å². The molecule has 1 aliphatic heterocycles. The Morgan fingerprint density at radius 3 is 2.44 bits per heavy atom. The summed E-state index contributed by atoms with van der Waals surface area (Å²) in [5.74, 6) is -1.20. The largest absolute Gasteiger partial charge is 0.344 e. The lowest BCUT2D eigenvalue weighted by Gasteiger charge is -2.20. The summed E-state index contributed by atoms with van der Waals surface area (Å²) >= 11 is 3.12. The van der Waals surface area contributed by atoms with Crippen molar-refractivity contribution in [3.05, 3.63) is 63.9 Å². The molecule has 5 amide bonds. The van der Waals surface area contributed by atoms with Gasteiger partial charge in [-0.05, 0) is 29.3 Å². The standard InChI is InChI=1S/C18H14BrFN4O3/c19-12-5-6-14(13(20)7-12)21-16(26)23-24-15(25)18(22-17(24)27)8-10-3-1-2-4-11(10)9-18/h1-7H,8-9H2,(H,22,27)(H2,21,23,26). The lowest BCUT2D eigenvalue weighted by atomic mass is 9.96. The smallest absolute Gasteiger partial charge is 0.321 e. The van der Waals surface area contributed by atoms with Gasteiger partial charge in [0.15, 0.2) is 0 Å². The van der Waals surface area contributed by atoms with Crippen LogP contribution < -0.4 is 16.1 Å². The first-order valence-corrected chi connectivity index (χ1v) is 8.93. The average molecular weight is 433 g/mol. The summed E-state index contributed by atoms with van der Waals surface area (Å²) in [6.07, 6.45) is 0.712. The third kappa shape index (κ3) is 3.03. The minimum Gasteiger partial charge on any atom is -0.321 e. The van der Waals surface area contributed by atoms with E-state index >= 15 is 0 Å². The van der Waals surface area contributed by atoms with Gasteiger partial charge in [0.25, 0.3) is 5.91 Å². The number of rotatable bonds is 2. The first kappa shape index (κ1) is 17.5. The van der Waals surface area contributed by atoms with Crippen molar-refractivity contribution in [3.63, 3.8) is 0 Å². The molecule has 7 nitrogen and oxygen atoms in total. The highest BCUT2D eigenvalue weighted by atomic mass is 79.9. The maximum absolute atomic E-state index is 13.8. The number of hydrogen-bond acceptors (Lipinski definition) is 3. The van der Waals surface area contributed by atoms with Crippen LogP contribution in [0.5, 0.6) is 0 Å². The number of fused-ring (bicyclic) bond motifs is 1. The number of hydrogen-bond donors (Lipinski definition) is 3. The third-order valence-electron chi connectivity index (χ3n) is 4.66. The number of nitrogens with one attached hydrogen (secondary N) is 3. The van der Waals surface area contributed by atoms with E-state index in [4.69, 9.17) is 0 Å². The summed E-state index contributed by atoms with van der Waals surface area (Å²) in [7, 11) is 0. The van der Waals surface area contributed by atoms with Gasteiger partial charge in [-0.1, -0.05) is 40.2 Å². The predicted molar refractivity (Wildman–Crippen MR) is 98.2 cm³/mol. The molecular weight excluding hydrogens is 419 g/mol. The fourth-order valence-corrected chi connectivity index (χ4v) is 3.75. The molecule has 2 aliphatic rings. The Kier molecular flexibility index (Phi) is 4.11. The van der Waals surface area contributed by atoms with Crippen molar-refractivity contribution in [1.82, 2.24) is 15.8 Å². The summed E-state index contributed by atoms with van der Waals surface area (Å²) < 4.78 is 14.4. The molecule has 1 saturated heterocycles. The molecule has 3 N–H and O–H groups in total. The van der Waals surface area contributed by atoms with Crippen LogP contribution in [0.1, 0.15) is 11.1 Å². The van der Waals surface area contributed by atoms with Crippen molar-refractivity contribution in [2.75, 3.05) is 5.32 Å². The van der Waals surface area contributed by atoms with Crippen molar-refractivity contribution < 1.29 is 18.8 Å². The van der Waals surface area contributed by atoms with E-state index in [9.17, 15) is 18.8 Å². The van der Waals surface area contributed by atoms with Crippen LogP contribution >= 0.6 is 15.9 Å². The molecule has 27 heavy (non-hydrogen) atoms. The molecule has 138 valence electrons. The molecule has 4 rings (SSSR count). The van der Waals surface area contributed by atoms with E-state index in [0.717, 1.165) is 11.1 Å². The van der Waals surface area contributed by atoms with Crippen molar-refractivity contribution in [2.24, 2.45) is 0 Å². The van der Waals surface area contributed by atoms with Crippen LogP contribution in [0.3, 0.4) is 0 Å². The van der Waals surface area contributed by atoms with Crippen LogP contribution in [-0.4, -0.2) is 28.5 Å². The lowest BCUT2D eigenvalue weighted by Crippen LogP contribution is -2.51. The Morgan fingerprint density at radius 2 is 1.81 bits per heavy atom. The van der Waals surface area contributed by atoms with Crippen LogP contribution in [0, 0.1) is 5.82 Å². The molecule has 0 bridgehead atoms. The Hall–Kier alpha value is -2.94. The number of carbonyl (C=O) groups is 3. The van der Waals surface area contributed by atoms with Gasteiger partial charge < -0.3 is 10.6 Å². The maximum Gasteiger partial charge on any atom is 0.344 e. The fraction of sp³-hybridized carbons (Fsp3) is 0.167. The molecule has 1 fully saturated rings. The van der Waals surface area contributed by atoms with E-state index in [2.05, 4.69) is 32.0 Å². The minimum absolute atomic E-state index is 0.0780. The highest BCUT2D eigenvalue weighted by Crippen LogP contribution is 2.34. The van der Waals surface area contributed by atoms with Crippen LogP contribution in [0.15, 0.2) is 46.9 Å². The van der Waals surface area contributed by atoms with Gasteiger partial charge >= 0.3 is 12.1 Å². The monoisotopic (exact) mass is 432 g/mol. The number of halogens is 2. The normalized spacial score (nSPS) is 17.0. The van der Waals surface area contributed by atoms with Crippen molar-refractivity contribution in [1.29, 1.82) is 0 Å². The Balaban J connectivity index is 1.48. The van der Waals surface area contributed by atoms with Gasteiger partial charge in [-0.25, -0.2) is 19.4 Å². The first-order valence-electron chi connectivity index (χ1n) is 8.14. The molecule has 1 heterocycles. The number of imide groups is 1. The zero-order valence-electron chi connectivity index (χ0n) is 13.9. The summed E-state index contributed by atoms with van der Waals surface area (Å²) in [6, 6.07) is 10.0. The van der Waals surface area contributed by atoms with Crippen molar-refractivity contribution in [3.8, 4) is 0 Å². The number of urea groups is 2. The van der Waals surface area contributed by atoms with Gasteiger partial charge in [0.1, 0.15) is 11.4 Å². The van der Waals surface area contributed by atoms with Crippen LogP contribution in [0.2, 0.25) is 0 Å². The number of nitrogens with zero attached hydrogens (tertiary/aromatic N) is 1. The molecule has 0 aromatic heterocycles. The topological polar surface area (TPSA) is 90.5 Å². The zero-order valence-corrected chi connectivity index (χ0v) is 15.5. The molecule has 2 aromatic rings. The second kappa shape index (κ2) is 6.34. The second-order valence-corrected chi connectivity index (χ2v) is 7.38. The lowest BCUT2D eigenvalue weighted by molar-refractivity contribution is -0.132. The van der Waals surface area contributed by atoms with Gasteiger partial charge in [-0.3, -0.25) is 4.79 Å². The van der Waals surface area contributed by atoms with Gasteiger partial charge in [0.05, 0.1) is 5.69 Å². The van der Waals surface area contributed by atoms with E-state index in [1.54, 1.807) is 6.07 Å². The molecule has 1 spiro atoms. The zero-order chi connectivity index (χ0) is 19.2. The van der Waals surface area contributed by atoms with Gasteiger partial charge in [0, 0.05) is 17.3 Å². The molecule has 0 atom stereocenters. The molecule has 0 saturated carbocycles. The fourth-order valence-electron chi connectivity index (χ4n) is 3.42. The molecule has 0 unspecified atom stereocenters. The maximum atomic E-state index is 13.8. The van der Waals surface area contributed by atoms with Crippen LogP contribution in [0.4, 0.5) is 19.7 Å². The van der Waals surface area contributed by atoms with E-state index in [1.807, 2.05) is 24.3 Å². The summed E-state index contributed by atoms with van der Waals surface area (Å²) in [6.45, 7) is 0.